The molecule has 4 fully saturated rings. The SMILES string of the molecule is C1CCNC(C2CCC2)CC1.C1CCNC(C2CCC2)CC1.O=C(O)C(=O)O. The van der Waals surface area contributed by atoms with E-state index in [2.05, 4.69) is 10.6 Å². The molecule has 162 valence electrons. The summed E-state index contributed by atoms with van der Waals surface area (Å²) in [4.78, 5) is 18.2. The maximum absolute atomic E-state index is 9.10. The summed E-state index contributed by atoms with van der Waals surface area (Å²) in [7, 11) is 0. The smallest absolute Gasteiger partial charge is 0.414 e. The predicted molar refractivity (Wildman–Crippen MR) is 110 cm³/mol. The first-order chi connectivity index (χ1) is 13.6. The van der Waals surface area contributed by atoms with E-state index in [0.717, 1.165) is 23.9 Å². The van der Waals surface area contributed by atoms with Crippen molar-refractivity contribution >= 4 is 11.9 Å². The summed E-state index contributed by atoms with van der Waals surface area (Å²) in [5, 5.41) is 22.1. The lowest BCUT2D eigenvalue weighted by atomic mass is 9.78. The monoisotopic (exact) mass is 396 g/mol. The Morgan fingerprint density at radius 3 is 1.21 bits per heavy atom. The molecular formula is C22H40N2O4. The van der Waals surface area contributed by atoms with Crippen LogP contribution in [0.25, 0.3) is 0 Å². The van der Waals surface area contributed by atoms with Gasteiger partial charge in [-0.25, -0.2) is 9.59 Å². The lowest BCUT2D eigenvalue weighted by molar-refractivity contribution is -0.159. The summed E-state index contributed by atoms with van der Waals surface area (Å²) in [6.45, 7) is 2.56. The molecule has 0 aromatic carbocycles. The van der Waals surface area contributed by atoms with Gasteiger partial charge in [-0.1, -0.05) is 38.5 Å². The van der Waals surface area contributed by atoms with E-state index in [1.807, 2.05) is 0 Å². The van der Waals surface area contributed by atoms with Crippen LogP contribution in [0.5, 0.6) is 0 Å². The molecule has 0 amide bonds. The number of carbonyl (C=O) groups is 2. The predicted octanol–water partition coefficient (Wildman–Crippen LogP) is 3.79. The van der Waals surface area contributed by atoms with Gasteiger partial charge < -0.3 is 20.8 Å². The van der Waals surface area contributed by atoms with Crippen molar-refractivity contribution in [1.29, 1.82) is 0 Å². The minimum absolute atomic E-state index is 0.895. The average Bonchev–Trinajstić information content (AvgIpc) is 2.98. The van der Waals surface area contributed by atoms with Crippen molar-refractivity contribution in [1.82, 2.24) is 10.6 Å². The van der Waals surface area contributed by atoms with Gasteiger partial charge in [0.25, 0.3) is 0 Å². The van der Waals surface area contributed by atoms with Crippen LogP contribution >= 0.6 is 0 Å². The van der Waals surface area contributed by atoms with Crippen molar-refractivity contribution in [2.24, 2.45) is 11.8 Å². The summed E-state index contributed by atoms with van der Waals surface area (Å²) in [6, 6.07) is 1.79. The first kappa shape index (κ1) is 23.1. The molecule has 2 aliphatic carbocycles. The standard InChI is InChI=1S/2C10H19N.C2H2O4/c2*1-2-7-10(11-8-3-1)9-5-4-6-9;3-1(4)2(5)6/h2*9-11H,1-8H2;(H,3,4)(H,5,6). The second kappa shape index (κ2) is 13.2. The van der Waals surface area contributed by atoms with Crippen molar-refractivity contribution in [3.8, 4) is 0 Å². The molecule has 2 saturated heterocycles. The third-order valence-electron chi connectivity index (χ3n) is 6.82. The zero-order valence-corrected chi connectivity index (χ0v) is 17.3. The van der Waals surface area contributed by atoms with E-state index in [1.165, 1.54) is 103 Å². The van der Waals surface area contributed by atoms with Gasteiger partial charge in [0.1, 0.15) is 0 Å². The lowest BCUT2D eigenvalue weighted by Crippen LogP contribution is -2.38. The summed E-state index contributed by atoms with van der Waals surface area (Å²) in [5.74, 6) is -1.55. The molecule has 0 spiro atoms. The fourth-order valence-corrected chi connectivity index (χ4v) is 4.60. The summed E-state index contributed by atoms with van der Waals surface area (Å²) < 4.78 is 0. The molecule has 6 heteroatoms. The quantitative estimate of drug-likeness (QED) is 0.530. The molecular weight excluding hydrogens is 356 g/mol. The number of hydrogen-bond donors (Lipinski definition) is 4. The largest absolute Gasteiger partial charge is 0.473 e. The zero-order valence-electron chi connectivity index (χ0n) is 17.3. The van der Waals surface area contributed by atoms with E-state index in [4.69, 9.17) is 19.8 Å². The van der Waals surface area contributed by atoms with Crippen molar-refractivity contribution in [2.45, 2.75) is 102 Å². The molecule has 0 radical (unpaired) electrons. The van der Waals surface area contributed by atoms with Crippen molar-refractivity contribution in [3.63, 3.8) is 0 Å². The third kappa shape index (κ3) is 8.48. The Balaban J connectivity index is 0.000000158. The second-order valence-electron chi connectivity index (χ2n) is 8.81. The Kier molecular flexibility index (Phi) is 10.9. The van der Waals surface area contributed by atoms with Gasteiger partial charge in [-0.3, -0.25) is 0 Å². The normalized spacial score (nSPS) is 28.6. The van der Waals surface area contributed by atoms with Gasteiger partial charge in [-0.05, 0) is 76.3 Å². The van der Waals surface area contributed by atoms with Crippen molar-refractivity contribution in [3.05, 3.63) is 0 Å². The maximum atomic E-state index is 9.10. The van der Waals surface area contributed by atoms with Gasteiger partial charge in [-0.2, -0.15) is 0 Å². The first-order valence-electron chi connectivity index (χ1n) is 11.5. The topological polar surface area (TPSA) is 98.7 Å². The lowest BCUT2D eigenvalue weighted by Gasteiger charge is -2.33. The highest BCUT2D eigenvalue weighted by atomic mass is 16.4. The molecule has 2 heterocycles. The van der Waals surface area contributed by atoms with E-state index in [-0.39, 0.29) is 0 Å². The molecule has 6 nitrogen and oxygen atoms in total. The number of carboxylic acids is 2. The van der Waals surface area contributed by atoms with Gasteiger partial charge in [-0.15, -0.1) is 0 Å². The number of hydrogen-bond acceptors (Lipinski definition) is 4. The minimum atomic E-state index is -1.82. The first-order valence-corrected chi connectivity index (χ1v) is 11.5. The highest BCUT2D eigenvalue weighted by Crippen LogP contribution is 2.33. The number of nitrogens with one attached hydrogen (secondary N) is 2. The fourth-order valence-electron chi connectivity index (χ4n) is 4.60. The second-order valence-corrected chi connectivity index (χ2v) is 8.81. The minimum Gasteiger partial charge on any atom is -0.473 e. The van der Waals surface area contributed by atoms with E-state index >= 15 is 0 Å². The van der Waals surface area contributed by atoms with Crippen LogP contribution in [-0.4, -0.2) is 47.3 Å². The van der Waals surface area contributed by atoms with Crippen LogP contribution in [0.2, 0.25) is 0 Å². The molecule has 2 aliphatic heterocycles. The van der Waals surface area contributed by atoms with Crippen LogP contribution in [0.4, 0.5) is 0 Å². The van der Waals surface area contributed by atoms with Gasteiger partial charge in [0.15, 0.2) is 0 Å². The van der Waals surface area contributed by atoms with Gasteiger partial charge >= 0.3 is 11.9 Å². The Morgan fingerprint density at radius 2 is 0.929 bits per heavy atom. The Morgan fingerprint density at radius 1 is 0.536 bits per heavy atom. The van der Waals surface area contributed by atoms with E-state index in [9.17, 15) is 0 Å². The third-order valence-corrected chi connectivity index (χ3v) is 6.82. The van der Waals surface area contributed by atoms with Crippen LogP contribution in [0.15, 0.2) is 0 Å². The maximum Gasteiger partial charge on any atom is 0.414 e. The van der Waals surface area contributed by atoms with E-state index in [0.29, 0.717) is 0 Å². The molecule has 2 unspecified atom stereocenters. The summed E-state index contributed by atoms with van der Waals surface area (Å²) >= 11 is 0. The molecule has 28 heavy (non-hydrogen) atoms. The Bertz CT molecular complexity index is 405. The molecule has 0 aromatic heterocycles. The average molecular weight is 397 g/mol. The van der Waals surface area contributed by atoms with E-state index in [1.54, 1.807) is 0 Å². The van der Waals surface area contributed by atoms with Crippen LogP contribution in [-0.2, 0) is 9.59 Å². The van der Waals surface area contributed by atoms with Gasteiger partial charge in [0, 0.05) is 12.1 Å². The number of aliphatic carboxylic acids is 2. The Hall–Kier alpha value is -1.14. The van der Waals surface area contributed by atoms with Crippen LogP contribution in [0.1, 0.15) is 89.9 Å². The van der Waals surface area contributed by atoms with Crippen LogP contribution in [0, 0.1) is 11.8 Å². The molecule has 4 rings (SSSR count). The summed E-state index contributed by atoms with van der Waals surface area (Å²) in [6.07, 6.45) is 20.5. The molecule has 0 bridgehead atoms. The molecule has 4 N–H and O–H groups in total. The number of carboxylic acid groups (broad SMARTS) is 2. The van der Waals surface area contributed by atoms with E-state index < -0.39 is 11.9 Å². The van der Waals surface area contributed by atoms with Crippen LogP contribution < -0.4 is 10.6 Å². The highest BCUT2D eigenvalue weighted by molar-refractivity contribution is 6.27. The molecule has 4 aliphatic rings. The number of rotatable bonds is 2. The van der Waals surface area contributed by atoms with Crippen molar-refractivity contribution < 1.29 is 19.8 Å². The molecule has 2 saturated carbocycles. The van der Waals surface area contributed by atoms with Gasteiger partial charge in [0.2, 0.25) is 0 Å². The Labute approximate surface area is 169 Å². The van der Waals surface area contributed by atoms with Crippen molar-refractivity contribution in [2.75, 3.05) is 13.1 Å². The van der Waals surface area contributed by atoms with Crippen LogP contribution in [0.3, 0.4) is 0 Å². The summed E-state index contributed by atoms with van der Waals surface area (Å²) in [5.41, 5.74) is 0. The fraction of sp³-hybridized carbons (Fsp3) is 0.909. The zero-order chi connectivity index (χ0) is 20.2. The van der Waals surface area contributed by atoms with Gasteiger partial charge in [0.05, 0.1) is 0 Å². The highest BCUT2D eigenvalue weighted by Gasteiger charge is 2.27. The molecule has 0 aromatic rings. The molecule has 2 atom stereocenters.